The number of hydrogen-bond donors (Lipinski definition) is 1. The summed E-state index contributed by atoms with van der Waals surface area (Å²) in [5.41, 5.74) is 0. The lowest BCUT2D eigenvalue weighted by Crippen LogP contribution is -2.34. The van der Waals surface area contributed by atoms with Crippen molar-refractivity contribution in [1.82, 2.24) is 14.7 Å². The van der Waals surface area contributed by atoms with Crippen LogP contribution in [0.1, 0.15) is 33.1 Å². The molecule has 2 rings (SSSR count). The first-order chi connectivity index (χ1) is 8.69. The van der Waals surface area contributed by atoms with Gasteiger partial charge < -0.3 is 5.32 Å². The molecular formula is C12H22N4S2. The van der Waals surface area contributed by atoms with E-state index in [1.165, 1.54) is 12.8 Å². The Labute approximate surface area is 118 Å². The molecule has 4 nitrogen and oxygen atoms in total. The summed E-state index contributed by atoms with van der Waals surface area (Å²) in [5, 5.41) is 8.79. The Bertz CT molecular complexity index is 418. The molecule has 0 saturated carbocycles. The standard InChI is InChI=1S/C12H22N4S2/c1-3-6-13-11-14-16(12(17)18-11)9-15-7-4-10(2)5-8-15/h10H,3-9H2,1-2H3,(H,13,14). The zero-order valence-corrected chi connectivity index (χ0v) is 12.8. The van der Waals surface area contributed by atoms with E-state index in [4.69, 9.17) is 12.2 Å². The van der Waals surface area contributed by atoms with Gasteiger partial charge in [-0.3, -0.25) is 4.90 Å². The molecule has 18 heavy (non-hydrogen) atoms. The van der Waals surface area contributed by atoms with E-state index >= 15 is 0 Å². The first-order valence-electron chi connectivity index (χ1n) is 6.73. The topological polar surface area (TPSA) is 33.1 Å². The average Bonchev–Trinajstić information content (AvgIpc) is 2.70. The van der Waals surface area contributed by atoms with Crippen molar-refractivity contribution in [1.29, 1.82) is 0 Å². The molecule has 0 aliphatic carbocycles. The molecule has 0 unspecified atom stereocenters. The van der Waals surface area contributed by atoms with Crippen molar-refractivity contribution in [3.05, 3.63) is 3.95 Å². The first kappa shape index (κ1) is 14.0. The van der Waals surface area contributed by atoms with Gasteiger partial charge >= 0.3 is 0 Å². The fourth-order valence-electron chi connectivity index (χ4n) is 2.09. The minimum atomic E-state index is 0.843. The maximum atomic E-state index is 5.37. The Balaban J connectivity index is 1.92. The van der Waals surface area contributed by atoms with Gasteiger partial charge in [-0.2, -0.15) is 0 Å². The first-order valence-corrected chi connectivity index (χ1v) is 7.95. The summed E-state index contributed by atoms with van der Waals surface area (Å²) in [6, 6.07) is 0. The fraction of sp³-hybridized carbons (Fsp3) is 0.833. The Kier molecular flexibility index (Phi) is 5.14. The van der Waals surface area contributed by atoms with Crippen LogP contribution in [-0.2, 0) is 6.67 Å². The predicted molar refractivity (Wildman–Crippen MR) is 79.7 cm³/mol. The van der Waals surface area contributed by atoms with E-state index in [0.29, 0.717) is 0 Å². The van der Waals surface area contributed by atoms with Crippen molar-refractivity contribution in [2.24, 2.45) is 5.92 Å². The van der Waals surface area contributed by atoms with Crippen LogP contribution in [0.2, 0.25) is 0 Å². The monoisotopic (exact) mass is 286 g/mol. The highest BCUT2D eigenvalue weighted by atomic mass is 32.1. The van der Waals surface area contributed by atoms with E-state index in [2.05, 4.69) is 29.2 Å². The largest absolute Gasteiger partial charge is 0.360 e. The van der Waals surface area contributed by atoms with Crippen molar-refractivity contribution >= 4 is 28.7 Å². The van der Waals surface area contributed by atoms with Gasteiger partial charge in [-0.05, 0) is 37.4 Å². The van der Waals surface area contributed by atoms with Gasteiger partial charge in [0.05, 0.1) is 6.67 Å². The Morgan fingerprint density at radius 3 is 2.83 bits per heavy atom. The SMILES string of the molecule is CCCNc1nn(CN2CCC(C)CC2)c(=S)s1. The van der Waals surface area contributed by atoms with Crippen molar-refractivity contribution in [2.75, 3.05) is 25.0 Å². The molecule has 1 aromatic heterocycles. The van der Waals surface area contributed by atoms with Crippen molar-refractivity contribution in [3.8, 4) is 0 Å². The maximum absolute atomic E-state index is 5.37. The van der Waals surface area contributed by atoms with E-state index in [-0.39, 0.29) is 0 Å². The molecule has 1 aliphatic rings. The molecule has 6 heteroatoms. The second kappa shape index (κ2) is 6.63. The molecule has 0 atom stereocenters. The minimum absolute atomic E-state index is 0.843. The maximum Gasteiger partial charge on any atom is 0.204 e. The van der Waals surface area contributed by atoms with Crippen LogP contribution in [0.5, 0.6) is 0 Å². The number of aromatic nitrogens is 2. The number of nitrogens with zero attached hydrogens (tertiary/aromatic N) is 3. The summed E-state index contributed by atoms with van der Waals surface area (Å²) in [5.74, 6) is 0.867. The Morgan fingerprint density at radius 2 is 2.17 bits per heavy atom. The number of anilines is 1. The molecule has 1 N–H and O–H groups in total. The normalized spacial score (nSPS) is 18.1. The van der Waals surface area contributed by atoms with Gasteiger partial charge in [0.1, 0.15) is 0 Å². The van der Waals surface area contributed by atoms with Gasteiger partial charge in [0.25, 0.3) is 0 Å². The van der Waals surface area contributed by atoms with Gasteiger partial charge in [-0.1, -0.05) is 25.2 Å². The molecule has 1 aliphatic heterocycles. The molecule has 0 bridgehead atoms. The summed E-state index contributed by atoms with van der Waals surface area (Å²) >= 11 is 6.94. The Hall–Kier alpha value is -0.460. The lowest BCUT2D eigenvalue weighted by Gasteiger charge is -2.29. The zero-order chi connectivity index (χ0) is 13.0. The molecule has 0 spiro atoms. The number of nitrogens with one attached hydrogen (secondary N) is 1. The van der Waals surface area contributed by atoms with Crippen LogP contribution in [0.25, 0.3) is 0 Å². The molecular weight excluding hydrogens is 264 g/mol. The third kappa shape index (κ3) is 3.76. The number of rotatable bonds is 5. The molecule has 1 saturated heterocycles. The van der Waals surface area contributed by atoms with E-state index in [0.717, 1.165) is 47.7 Å². The Morgan fingerprint density at radius 1 is 1.44 bits per heavy atom. The summed E-state index contributed by atoms with van der Waals surface area (Å²) in [7, 11) is 0. The van der Waals surface area contributed by atoms with Gasteiger partial charge in [-0.15, -0.1) is 5.10 Å². The molecule has 2 heterocycles. The molecule has 0 amide bonds. The number of hydrogen-bond acceptors (Lipinski definition) is 5. The molecule has 102 valence electrons. The smallest absolute Gasteiger partial charge is 0.204 e. The average molecular weight is 286 g/mol. The van der Waals surface area contributed by atoms with E-state index in [1.807, 2.05) is 4.68 Å². The highest BCUT2D eigenvalue weighted by molar-refractivity contribution is 7.73. The van der Waals surface area contributed by atoms with Crippen LogP contribution < -0.4 is 5.32 Å². The lowest BCUT2D eigenvalue weighted by molar-refractivity contribution is 0.146. The summed E-state index contributed by atoms with van der Waals surface area (Å²) in [6.45, 7) is 8.62. The van der Waals surface area contributed by atoms with Crippen LogP contribution in [0, 0.1) is 9.87 Å². The third-order valence-electron chi connectivity index (χ3n) is 3.34. The number of piperidine rings is 1. The molecule has 1 aromatic rings. The molecule has 0 aromatic carbocycles. The second-order valence-corrected chi connectivity index (χ2v) is 6.66. The highest BCUT2D eigenvalue weighted by Crippen LogP contribution is 2.18. The van der Waals surface area contributed by atoms with Gasteiger partial charge in [0.15, 0.2) is 3.95 Å². The minimum Gasteiger partial charge on any atom is -0.360 e. The van der Waals surface area contributed by atoms with Crippen molar-refractivity contribution < 1.29 is 0 Å². The summed E-state index contributed by atoms with van der Waals surface area (Å²) < 4.78 is 2.82. The number of likely N-dealkylation sites (tertiary alicyclic amines) is 1. The van der Waals surface area contributed by atoms with Gasteiger partial charge in [0.2, 0.25) is 5.13 Å². The third-order valence-corrected chi connectivity index (χ3v) is 4.61. The van der Waals surface area contributed by atoms with Crippen LogP contribution in [0.15, 0.2) is 0 Å². The van der Waals surface area contributed by atoms with Crippen LogP contribution in [0.4, 0.5) is 5.13 Å². The van der Waals surface area contributed by atoms with Gasteiger partial charge in [0, 0.05) is 19.6 Å². The van der Waals surface area contributed by atoms with Gasteiger partial charge in [-0.25, -0.2) is 4.68 Å². The van der Waals surface area contributed by atoms with Crippen LogP contribution >= 0.6 is 23.6 Å². The van der Waals surface area contributed by atoms with Crippen molar-refractivity contribution in [3.63, 3.8) is 0 Å². The quantitative estimate of drug-likeness (QED) is 0.843. The highest BCUT2D eigenvalue weighted by Gasteiger charge is 2.16. The predicted octanol–water partition coefficient (Wildman–Crippen LogP) is 3.19. The van der Waals surface area contributed by atoms with E-state index in [9.17, 15) is 0 Å². The second-order valence-electron chi connectivity index (χ2n) is 5.04. The van der Waals surface area contributed by atoms with E-state index in [1.54, 1.807) is 11.3 Å². The summed E-state index contributed by atoms with van der Waals surface area (Å²) in [4.78, 5) is 2.44. The molecule has 1 fully saturated rings. The molecule has 0 radical (unpaired) electrons. The summed E-state index contributed by atoms with van der Waals surface area (Å²) in [6.07, 6.45) is 3.69. The van der Waals surface area contributed by atoms with Crippen molar-refractivity contribution in [2.45, 2.75) is 39.8 Å². The zero-order valence-electron chi connectivity index (χ0n) is 11.2. The van der Waals surface area contributed by atoms with Crippen LogP contribution in [0.3, 0.4) is 0 Å². The fourth-order valence-corrected chi connectivity index (χ4v) is 3.11. The lowest BCUT2D eigenvalue weighted by atomic mass is 10.00. The van der Waals surface area contributed by atoms with E-state index < -0.39 is 0 Å². The van der Waals surface area contributed by atoms with Crippen LogP contribution in [-0.4, -0.2) is 34.3 Å².